The summed E-state index contributed by atoms with van der Waals surface area (Å²) in [5.41, 5.74) is 1.56. The highest BCUT2D eigenvalue weighted by atomic mass is 16.5. The van der Waals surface area contributed by atoms with Crippen LogP contribution < -0.4 is 4.74 Å². The summed E-state index contributed by atoms with van der Waals surface area (Å²) < 4.78 is 5.71. The smallest absolute Gasteiger partial charge is 0.335 e. The van der Waals surface area contributed by atoms with Crippen molar-refractivity contribution in [2.24, 2.45) is 10.2 Å². The van der Waals surface area contributed by atoms with Gasteiger partial charge in [0.1, 0.15) is 5.75 Å². The van der Waals surface area contributed by atoms with Gasteiger partial charge in [-0.3, -0.25) is 0 Å². The SMILES string of the molecule is CCCCCCCOc1ccc(N=Nc2ccc(C(=O)O)cc2)cc1. The van der Waals surface area contributed by atoms with Crippen LogP contribution in [0, 0.1) is 0 Å². The molecule has 0 heterocycles. The molecule has 0 aliphatic rings. The molecule has 5 nitrogen and oxygen atoms in total. The second kappa shape index (κ2) is 10.2. The minimum Gasteiger partial charge on any atom is -0.494 e. The standard InChI is InChI=1S/C20H24N2O3/c1-2-3-4-5-6-15-25-19-13-11-18(12-14-19)22-21-17-9-7-16(8-10-17)20(23)24/h7-14H,2-6,15H2,1H3,(H,23,24). The number of carboxylic acids is 1. The molecule has 2 aromatic carbocycles. The lowest BCUT2D eigenvalue weighted by atomic mass is 10.2. The van der Waals surface area contributed by atoms with Crippen molar-refractivity contribution in [1.29, 1.82) is 0 Å². The molecule has 0 bridgehead atoms. The highest BCUT2D eigenvalue weighted by Gasteiger charge is 2.01. The number of hydrogen-bond acceptors (Lipinski definition) is 4. The van der Waals surface area contributed by atoms with Crippen LogP contribution in [-0.2, 0) is 0 Å². The molecule has 1 N–H and O–H groups in total. The molecule has 2 aromatic rings. The zero-order chi connectivity index (χ0) is 17.9. The van der Waals surface area contributed by atoms with E-state index in [9.17, 15) is 4.79 Å². The molecule has 0 amide bonds. The quantitative estimate of drug-likeness (QED) is 0.416. The van der Waals surface area contributed by atoms with Crippen molar-refractivity contribution in [3.05, 3.63) is 54.1 Å². The summed E-state index contributed by atoms with van der Waals surface area (Å²) >= 11 is 0. The van der Waals surface area contributed by atoms with Crippen molar-refractivity contribution in [3.63, 3.8) is 0 Å². The van der Waals surface area contributed by atoms with E-state index in [1.54, 1.807) is 12.1 Å². The lowest BCUT2D eigenvalue weighted by Crippen LogP contribution is -1.96. The minimum atomic E-state index is -0.954. The van der Waals surface area contributed by atoms with Gasteiger partial charge in [-0.25, -0.2) is 4.79 Å². The normalized spacial score (nSPS) is 10.9. The Morgan fingerprint density at radius 2 is 1.44 bits per heavy atom. The number of rotatable bonds is 10. The third-order valence-corrected chi connectivity index (χ3v) is 3.75. The van der Waals surface area contributed by atoms with Crippen LogP contribution in [0.2, 0.25) is 0 Å². The van der Waals surface area contributed by atoms with Gasteiger partial charge in [0.2, 0.25) is 0 Å². The van der Waals surface area contributed by atoms with Crippen LogP contribution in [0.1, 0.15) is 49.4 Å². The van der Waals surface area contributed by atoms with Gasteiger partial charge in [0.05, 0.1) is 23.5 Å². The molecule has 0 saturated carbocycles. The molecule has 0 unspecified atom stereocenters. The number of unbranched alkanes of at least 4 members (excludes halogenated alkanes) is 4. The second-order valence-corrected chi connectivity index (χ2v) is 5.81. The van der Waals surface area contributed by atoms with E-state index in [0.717, 1.165) is 24.5 Å². The summed E-state index contributed by atoms with van der Waals surface area (Å²) in [4.78, 5) is 10.8. The van der Waals surface area contributed by atoms with Crippen molar-refractivity contribution in [3.8, 4) is 5.75 Å². The van der Waals surface area contributed by atoms with Crippen LogP contribution in [-0.4, -0.2) is 17.7 Å². The molecule has 0 radical (unpaired) electrons. The Labute approximate surface area is 148 Å². The summed E-state index contributed by atoms with van der Waals surface area (Å²) in [6, 6.07) is 13.7. The van der Waals surface area contributed by atoms with Crippen LogP contribution in [0.25, 0.3) is 0 Å². The topological polar surface area (TPSA) is 71.2 Å². The number of hydrogen-bond donors (Lipinski definition) is 1. The highest BCUT2D eigenvalue weighted by molar-refractivity contribution is 5.87. The van der Waals surface area contributed by atoms with Gasteiger partial charge >= 0.3 is 5.97 Å². The van der Waals surface area contributed by atoms with Gasteiger partial charge in [-0.2, -0.15) is 10.2 Å². The van der Waals surface area contributed by atoms with E-state index in [2.05, 4.69) is 17.2 Å². The van der Waals surface area contributed by atoms with Crippen molar-refractivity contribution in [2.45, 2.75) is 39.0 Å². The number of carboxylic acid groups (broad SMARTS) is 1. The van der Waals surface area contributed by atoms with E-state index >= 15 is 0 Å². The fourth-order valence-corrected chi connectivity index (χ4v) is 2.29. The Balaban J connectivity index is 1.80. The average molecular weight is 340 g/mol. The van der Waals surface area contributed by atoms with E-state index in [-0.39, 0.29) is 5.56 Å². The van der Waals surface area contributed by atoms with Gasteiger partial charge in [0.25, 0.3) is 0 Å². The van der Waals surface area contributed by atoms with Gasteiger partial charge in [-0.05, 0) is 55.0 Å². The van der Waals surface area contributed by atoms with Gasteiger partial charge in [-0.15, -0.1) is 0 Å². The number of ether oxygens (including phenoxy) is 1. The Hall–Kier alpha value is -2.69. The molecule has 132 valence electrons. The van der Waals surface area contributed by atoms with Crippen molar-refractivity contribution >= 4 is 17.3 Å². The van der Waals surface area contributed by atoms with E-state index in [4.69, 9.17) is 9.84 Å². The maximum atomic E-state index is 10.8. The Kier molecular flexibility index (Phi) is 7.63. The lowest BCUT2D eigenvalue weighted by Gasteiger charge is -2.05. The monoisotopic (exact) mass is 340 g/mol. The molecule has 0 aliphatic heterocycles. The van der Waals surface area contributed by atoms with Crippen LogP contribution >= 0.6 is 0 Å². The second-order valence-electron chi connectivity index (χ2n) is 5.81. The molecule has 5 heteroatoms. The number of nitrogens with zero attached hydrogens (tertiary/aromatic N) is 2. The number of aromatic carboxylic acids is 1. The summed E-state index contributed by atoms with van der Waals surface area (Å²) in [7, 11) is 0. The molecule has 25 heavy (non-hydrogen) atoms. The largest absolute Gasteiger partial charge is 0.494 e. The Morgan fingerprint density at radius 3 is 2.00 bits per heavy atom. The molecular formula is C20H24N2O3. The first-order valence-electron chi connectivity index (χ1n) is 8.67. The summed E-state index contributed by atoms with van der Waals surface area (Å²) in [5, 5.41) is 17.1. The molecule has 0 saturated heterocycles. The van der Waals surface area contributed by atoms with Crippen LogP contribution in [0.3, 0.4) is 0 Å². The zero-order valence-corrected chi connectivity index (χ0v) is 14.5. The highest BCUT2D eigenvalue weighted by Crippen LogP contribution is 2.21. The fourth-order valence-electron chi connectivity index (χ4n) is 2.29. The van der Waals surface area contributed by atoms with Crippen LogP contribution in [0.4, 0.5) is 11.4 Å². The molecule has 0 aliphatic carbocycles. The van der Waals surface area contributed by atoms with Gasteiger partial charge in [0, 0.05) is 0 Å². The predicted molar refractivity (Wildman–Crippen MR) is 98.3 cm³/mol. The number of carbonyl (C=O) groups is 1. The summed E-state index contributed by atoms with van der Waals surface area (Å²) in [6.07, 6.45) is 6.10. The van der Waals surface area contributed by atoms with E-state index in [1.165, 1.54) is 37.8 Å². The third-order valence-electron chi connectivity index (χ3n) is 3.75. The summed E-state index contributed by atoms with van der Waals surface area (Å²) in [5.74, 6) is -0.121. The molecular weight excluding hydrogens is 316 g/mol. The first-order chi connectivity index (χ1) is 12.2. The van der Waals surface area contributed by atoms with Crippen LogP contribution in [0.15, 0.2) is 58.8 Å². The average Bonchev–Trinajstić information content (AvgIpc) is 2.64. The molecule has 0 atom stereocenters. The molecule has 2 rings (SSSR count). The van der Waals surface area contributed by atoms with E-state index in [0.29, 0.717) is 5.69 Å². The number of benzene rings is 2. The van der Waals surface area contributed by atoms with Crippen molar-refractivity contribution in [1.82, 2.24) is 0 Å². The Bertz CT molecular complexity index is 679. The number of azo groups is 1. The maximum absolute atomic E-state index is 10.8. The predicted octanol–water partition coefficient (Wildman–Crippen LogP) is 6.15. The van der Waals surface area contributed by atoms with Gasteiger partial charge < -0.3 is 9.84 Å². The van der Waals surface area contributed by atoms with E-state index in [1.807, 2.05) is 24.3 Å². The van der Waals surface area contributed by atoms with Crippen molar-refractivity contribution in [2.75, 3.05) is 6.61 Å². The lowest BCUT2D eigenvalue weighted by molar-refractivity contribution is 0.0697. The molecule has 0 aromatic heterocycles. The first-order valence-corrected chi connectivity index (χ1v) is 8.67. The minimum absolute atomic E-state index is 0.232. The van der Waals surface area contributed by atoms with Crippen LogP contribution in [0.5, 0.6) is 5.75 Å². The fraction of sp³-hybridized carbons (Fsp3) is 0.350. The third kappa shape index (κ3) is 6.75. The van der Waals surface area contributed by atoms with E-state index < -0.39 is 5.97 Å². The van der Waals surface area contributed by atoms with Gasteiger partial charge in [0.15, 0.2) is 0 Å². The van der Waals surface area contributed by atoms with Crippen molar-refractivity contribution < 1.29 is 14.6 Å². The summed E-state index contributed by atoms with van der Waals surface area (Å²) in [6.45, 7) is 2.95. The molecule has 0 fully saturated rings. The molecule has 0 spiro atoms. The zero-order valence-electron chi connectivity index (χ0n) is 14.5. The van der Waals surface area contributed by atoms with Gasteiger partial charge in [-0.1, -0.05) is 32.6 Å². The maximum Gasteiger partial charge on any atom is 0.335 e. The first kappa shape index (κ1) is 18.6. The Morgan fingerprint density at radius 1 is 0.880 bits per heavy atom.